The average molecular weight is 845 g/mol. The highest BCUT2D eigenvalue weighted by atomic mass is 16.5. The molecule has 0 saturated carbocycles. The van der Waals surface area contributed by atoms with Gasteiger partial charge in [-0.15, -0.1) is 0 Å². The van der Waals surface area contributed by atoms with Gasteiger partial charge in [0.25, 0.3) is 0 Å². The molecule has 348 valence electrons. The molecule has 0 spiro atoms. The van der Waals surface area contributed by atoms with Gasteiger partial charge >= 0.3 is 11.9 Å². The maximum atomic E-state index is 11.2. The van der Waals surface area contributed by atoms with Gasteiger partial charge in [0, 0.05) is 25.9 Å². The number of aromatic hydroxyl groups is 1. The molecule has 0 radical (unpaired) electrons. The molecular formula is C51H92N2O7. The number of aryl methyl sites for hydroxylation is 2. The molecule has 9 nitrogen and oxygen atoms in total. The summed E-state index contributed by atoms with van der Waals surface area (Å²) in [6, 6.07) is 14.8. The maximum Gasteiger partial charge on any atom is 0.305 e. The highest BCUT2D eigenvalue weighted by Gasteiger charge is 2.04. The highest BCUT2D eigenvalue weighted by molar-refractivity contribution is 5.69. The molecule has 0 heterocycles. The van der Waals surface area contributed by atoms with Crippen LogP contribution in [-0.2, 0) is 31.9 Å². The second-order valence-electron chi connectivity index (χ2n) is 16.0. The molecule has 0 unspecified atom stereocenters. The van der Waals surface area contributed by atoms with E-state index in [0.717, 1.165) is 43.1 Å². The number of esters is 2. The first kappa shape index (κ1) is 59.0. The minimum absolute atomic E-state index is 0. The van der Waals surface area contributed by atoms with Crippen molar-refractivity contribution in [3.05, 3.63) is 59.7 Å². The molecule has 0 aliphatic carbocycles. The van der Waals surface area contributed by atoms with E-state index in [-0.39, 0.29) is 31.7 Å². The topological polar surface area (TPSA) is 109 Å². The zero-order valence-electron chi connectivity index (χ0n) is 38.7. The van der Waals surface area contributed by atoms with Gasteiger partial charge in [0.2, 0.25) is 0 Å². The molecule has 0 aliphatic rings. The van der Waals surface area contributed by atoms with Crippen LogP contribution < -0.4 is 4.74 Å². The summed E-state index contributed by atoms with van der Waals surface area (Å²) in [6.07, 6.45) is 29.9. The van der Waals surface area contributed by atoms with Gasteiger partial charge < -0.3 is 34.2 Å². The van der Waals surface area contributed by atoms with Gasteiger partial charge in [0.15, 0.2) is 0 Å². The van der Waals surface area contributed by atoms with Crippen LogP contribution in [0.15, 0.2) is 48.5 Å². The van der Waals surface area contributed by atoms with Crippen LogP contribution in [0.1, 0.15) is 174 Å². The summed E-state index contributed by atoms with van der Waals surface area (Å²) in [6.45, 7) is 9.58. The van der Waals surface area contributed by atoms with E-state index in [1.54, 1.807) is 24.3 Å². The Balaban J connectivity index is 0. The molecule has 0 atom stereocenters. The Morgan fingerprint density at radius 1 is 0.517 bits per heavy atom. The van der Waals surface area contributed by atoms with E-state index in [2.05, 4.69) is 47.2 Å². The summed E-state index contributed by atoms with van der Waals surface area (Å²) in [7, 11) is 7.06. The van der Waals surface area contributed by atoms with Crippen LogP contribution in [0.3, 0.4) is 0 Å². The van der Waals surface area contributed by atoms with E-state index >= 15 is 0 Å². The molecule has 2 aromatic rings. The van der Waals surface area contributed by atoms with Crippen LogP contribution in [0.25, 0.3) is 0 Å². The summed E-state index contributed by atoms with van der Waals surface area (Å²) >= 11 is 0. The van der Waals surface area contributed by atoms with Crippen molar-refractivity contribution in [1.29, 1.82) is 0 Å². The number of nitrogens with zero attached hydrogens (tertiary/aromatic N) is 2. The number of hydrogen-bond donors (Lipinski definition) is 2. The van der Waals surface area contributed by atoms with E-state index in [9.17, 15) is 9.59 Å². The standard InChI is InChI=1S/C25H43NO3.C15H33NO.C10H12O3.CH4/c1-4-5-6-7-8-9-10-11-12-13-20-26(2)21-22-29-24-17-14-23(15-18-24)16-19-25(27)28-3;1-3-4-5-6-7-8-9-10-11-12-13-16(2)14-15-17;1-13-10(12)7-4-8-2-5-9(11)6-3-8;/h14-15,17-18H,4-13,16,19-22H2,1-3H3;17H,3-15H2,1-2H3;2-3,5-6,11H,4,7H2,1H3;1H4. The first-order chi connectivity index (χ1) is 28.7. The molecule has 0 fully saturated rings. The summed E-state index contributed by atoms with van der Waals surface area (Å²) < 4.78 is 15.0. The molecule has 0 aliphatic heterocycles. The molecule has 2 rings (SSSR count). The molecule has 0 bridgehead atoms. The Labute approximate surface area is 369 Å². The number of carbonyl (C=O) groups excluding carboxylic acids is 2. The number of carbonyl (C=O) groups is 2. The summed E-state index contributed by atoms with van der Waals surface area (Å²) in [5.41, 5.74) is 2.14. The fraction of sp³-hybridized carbons (Fsp3) is 0.725. The summed E-state index contributed by atoms with van der Waals surface area (Å²) in [5.74, 6) is 0.741. The lowest BCUT2D eigenvalue weighted by Crippen LogP contribution is -2.25. The number of benzene rings is 2. The predicted octanol–water partition coefficient (Wildman–Crippen LogP) is 12.0. The number of aliphatic hydroxyl groups excluding tert-OH is 1. The van der Waals surface area contributed by atoms with Gasteiger partial charge in [-0.2, -0.15) is 0 Å². The van der Waals surface area contributed by atoms with Crippen LogP contribution in [0.5, 0.6) is 11.5 Å². The molecule has 9 heteroatoms. The molecule has 2 N–H and O–H groups in total. The van der Waals surface area contributed by atoms with Gasteiger partial charge in [-0.1, -0.05) is 161 Å². The highest BCUT2D eigenvalue weighted by Crippen LogP contribution is 2.15. The normalized spacial score (nSPS) is 10.6. The molecule has 60 heavy (non-hydrogen) atoms. The summed E-state index contributed by atoms with van der Waals surface area (Å²) in [4.78, 5) is 26.5. The van der Waals surface area contributed by atoms with Crippen molar-refractivity contribution >= 4 is 11.9 Å². The number of ether oxygens (including phenoxy) is 3. The van der Waals surface area contributed by atoms with Crippen molar-refractivity contribution in [2.24, 2.45) is 0 Å². The number of rotatable bonds is 34. The monoisotopic (exact) mass is 845 g/mol. The Bertz CT molecular complexity index is 1210. The van der Waals surface area contributed by atoms with E-state index in [4.69, 9.17) is 14.9 Å². The van der Waals surface area contributed by atoms with E-state index in [1.165, 1.54) is 143 Å². The molecule has 2 aromatic carbocycles. The lowest BCUT2D eigenvalue weighted by molar-refractivity contribution is -0.141. The fourth-order valence-corrected chi connectivity index (χ4v) is 6.56. The zero-order valence-corrected chi connectivity index (χ0v) is 38.7. The van der Waals surface area contributed by atoms with Crippen molar-refractivity contribution in [2.75, 3.05) is 67.7 Å². The third kappa shape index (κ3) is 39.0. The minimum Gasteiger partial charge on any atom is -0.508 e. The number of aliphatic hydroxyl groups is 1. The second kappa shape index (κ2) is 43.9. The zero-order chi connectivity index (χ0) is 43.6. The van der Waals surface area contributed by atoms with Crippen molar-refractivity contribution in [3.8, 4) is 11.5 Å². The third-order valence-electron chi connectivity index (χ3n) is 10.6. The number of phenols is 1. The first-order valence-electron chi connectivity index (χ1n) is 23.3. The first-order valence-corrected chi connectivity index (χ1v) is 23.3. The molecule has 0 aromatic heterocycles. The summed E-state index contributed by atoms with van der Waals surface area (Å²) in [5, 5.41) is 17.7. The largest absolute Gasteiger partial charge is 0.508 e. The van der Waals surface area contributed by atoms with E-state index in [1.807, 2.05) is 24.3 Å². The van der Waals surface area contributed by atoms with Crippen LogP contribution in [-0.4, -0.2) is 99.7 Å². The van der Waals surface area contributed by atoms with E-state index < -0.39 is 0 Å². The number of hydrogen-bond acceptors (Lipinski definition) is 9. The number of likely N-dealkylation sites (N-methyl/N-ethyl adjacent to an activating group) is 2. The van der Waals surface area contributed by atoms with Gasteiger partial charge in [-0.05, 0) is 88.3 Å². The van der Waals surface area contributed by atoms with E-state index in [0.29, 0.717) is 32.3 Å². The van der Waals surface area contributed by atoms with Gasteiger partial charge in [-0.25, -0.2) is 0 Å². The smallest absolute Gasteiger partial charge is 0.305 e. The van der Waals surface area contributed by atoms with Gasteiger partial charge in [-0.3, -0.25) is 9.59 Å². The Morgan fingerprint density at radius 3 is 1.23 bits per heavy atom. The predicted molar refractivity (Wildman–Crippen MR) is 253 cm³/mol. The minimum atomic E-state index is -0.215. The van der Waals surface area contributed by atoms with Crippen molar-refractivity contribution in [3.63, 3.8) is 0 Å². The van der Waals surface area contributed by atoms with Gasteiger partial charge in [0.05, 0.1) is 20.8 Å². The third-order valence-corrected chi connectivity index (χ3v) is 10.6. The van der Waals surface area contributed by atoms with Crippen molar-refractivity contribution in [1.82, 2.24) is 9.80 Å². The van der Waals surface area contributed by atoms with Gasteiger partial charge in [0.1, 0.15) is 18.1 Å². The fourth-order valence-electron chi connectivity index (χ4n) is 6.56. The lowest BCUT2D eigenvalue weighted by Gasteiger charge is -2.17. The maximum absolute atomic E-state index is 11.2. The van der Waals surface area contributed by atoms with Crippen LogP contribution in [0.4, 0.5) is 0 Å². The SMILES string of the molecule is C.CCCCCCCCCCCCN(C)CCO.CCCCCCCCCCCCN(C)CCOc1ccc(CCC(=O)OC)cc1.COC(=O)CCc1ccc(O)cc1. The number of phenolic OH excluding ortho intramolecular Hbond substituents is 1. The van der Waals surface area contributed by atoms with Crippen LogP contribution in [0, 0.1) is 0 Å². The lowest BCUT2D eigenvalue weighted by atomic mass is 10.1. The second-order valence-corrected chi connectivity index (χ2v) is 16.0. The van der Waals surface area contributed by atoms with Crippen molar-refractivity contribution < 1.29 is 34.0 Å². The Morgan fingerprint density at radius 2 is 0.867 bits per heavy atom. The molecular weight excluding hydrogens is 753 g/mol. The molecule has 0 saturated heterocycles. The Kier molecular flexibility index (Phi) is 43.2. The molecule has 0 amide bonds. The number of methoxy groups -OCH3 is 2. The van der Waals surface area contributed by atoms with Crippen LogP contribution in [0.2, 0.25) is 0 Å². The van der Waals surface area contributed by atoms with Crippen molar-refractivity contribution in [2.45, 2.75) is 175 Å². The average Bonchev–Trinajstić information content (AvgIpc) is 3.24. The quantitative estimate of drug-likeness (QED) is 0.0526. The number of unbranched alkanes of at least 4 members (excludes halogenated alkanes) is 18. The van der Waals surface area contributed by atoms with Crippen LogP contribution >= 0.6 is 0 Å². The Hall–Kier alpha value is -3.14.